The lowest BCUT2D eigenvalue weighted by Crippen LogP contribution is -2.14. The molecule has 1 amide bonds. The molecule has 1 aromatic heterocycles. The lowest BCUT2D eigenvalue weighted by Gasteiger charge is -2.11. The number of nitrogens with zero attached hydrogens (tertiary/aromatic N) is 2. The van der Waals surface area contributed by atoms with Gasteiger partial charge in [0.2, 0.25) is 0 Å². The van der Waals surface area contributed by atoms with E-state index in [9.17, 15) is 9.18 Å². The van der Waals surface area contributed by atoms with Gasteiger partial charge in [0.15, 0.2) is 0 Å². The van der Waals surface area contributed by atoms with Crippen LogP contribution in [0.15, 0.2) is 40.8 Å². The van der Waals surface area contributed by atoms with Gasteiger partial charge in [0.05, 0.1) is 5.56 Å². The minimum absolute atomic E-state index is 0.0319. The van der Waals surface area contributed by atoms with E-state index in [0.717, 1.165) is 16.7 Å². The van der Waals surface area contributed by atoms with Crippen LogP contribution in [0.4, 0.5) is 10.1 Å². The van der Waals surface area contributed by atoms with Crippen LogP contribution in [-0.4, -0.2) is 16.1 Å². The van der Waals surface area contributed by atoms with E-state index < -0.39 is 11.7 Å². The van der Waals surface area contributed by atoms with Gasteiger partial charge in [-0.2, -0.15) is 0 Å². The lowest BCUT2D eigenvalue weighted by molar-refractivity contribution is 0.0990. The van der Waals surface area contributed by atoms with E-state index in [2.05, 4.69) is 15.5 Å². The highest BCUT2D eigenvalue weighted by Crippen LogP contribution is 2.24. The normalized spacial score (nSPS) is 10.7. The van der Waals surface area contributed by atoms with Gasteiger partial charge in [-0.05, 0) is 44.0 Å². The molecule has 2 aromatic carbocycles. The Morgan fingerprint density at radius 1 is 1.08 bits per heavy atom. The van der Waals surface area contributed by atoms with Gasteiger partial charge in [-0.25, -0.2) is 4.39 Å². The summed E-state index contributed by atoms with van der Waals surface area (Å²) in [5.41, 5.74) is 3.86. The Hall–Kier alpha value is -3.02. The number of nitrogens with one attached hydrogen (secondary N) is 1. The Bertz CT molecular complexity index is 895. The molecule has 0 saturated carbocycles. The molecule has 0 bridgehead atoms. The lowest BCUT2D eigenvalue weighted by atomic mass is 10.1. The van der Waals surface area contributed by atoms with Crippen LogP contribution < -0.4 is 5.32 Å². The predicted molar refractivity (Wildman–Crippen MR) is 88.3 cm³/mol. The van der Waals surface area contributed by atoms with E-state index in [4.69, 9.17) is 4.42 Å². The van der Waals surface area contributed by atoms with Crippen molar-refractivity contribution in [1.82, 2.24) is 10.2 Å². The van der Waals surface area contributed by atoms with Crippen LogP contribution in [0.25, 0.3) is 11.5 Å². The molecule has 0 aliphatic carbocycles. The van der Waals surface area contributed by atoms with Gasteiger partial charge < -0.3 is 9.73 Å². The van der Waals surface area contributed by atoms with Crippen LogP contribution in [0.5, 0.6) is 0 Å². The van der Waals surface area contributed by atoms with Gasteiger partial charge in [-0.15, -0.1) is 10.2 Å². The molecule has 3 aromatic rings. The number of hydrogen-bond donors (Lipinski definition) is 1. The average molecular weight is 325 g/mol. The Morgan fingerprint density at radius 2 is 1.75 bits per heavy atom. The van der Waals surface area contributed by atoms with Gasteiger partial charge >= 0.3 is 11.8 Å². The number of hydrogen-bond acceptors (Lipinski definition) is 4. The second kappa shape index (κ2) is 6.23. The number of carbonyl (C=O) groups is 1. The highest BCUT2D eigenvalue weighted by Gasteiger charge is 2.19. The molecule has 3 rings (SSSR count). The number of aryl methyl sites for hydroxylation is 3. The summed E-state index contributed by atoms with van der Waals surface area (Å²) in [5.74, 6) is -1.26. The van der Waals surface area contributed by atoms with Gasteiger partial charge in [0.25, 0.3) is 5.89 Å². The fourth-order valence-electron chi connectivity index (χ4n) is 2.60. The molecular formula is C18H16FN3O2. The van der Waals surface area contributed by atoms with Crippen molar-refractivity contribution in [1.29, 1.82) is 0 Å². The third-order valence-corrected chi connectivity index (χ3v) is 3.64. The maximum Gasteiger partial charge on any atom is 0.313 e. The van der Waals surface area contributed by atoms with Crippen molar-refractivity contribution in [2.24, 2.45) is 0 Å². The third kappa shape index (κ3) is 3.03. The van der Waals surface area contributed by atoms with Crippen molar-refractivity contribution in [2.75, 3.05) is 5.32 Å². The Morgan fingerprint density at radius 3 is 2.42 bits per heavy atom. The van der Waals surface area contributed by atoms with Gasteiger partial charge in [-0.1, -0.05) is 29.8 Å². The second-order valence-electron chi connectivity index (χ2n) is 5.62. The van der Waals surface area contributed by atoms with Crippen LogP contribution in [0.3, 0.4) is 0 Å². The molecule has 24 heavy (non-hydrogen) atoms. The minimum atomic E-state index is -0.528. The fraction of sp³-hybridized carbons (Fsp3) is 0.167. The molecule has 1 N–H and O–H groups in total. The van der Waals surface area contributed by atoms with E-state index in [0.29, 0.717) is 5.69 Å². The van der Waals surface area contributed by atoms with Crippen molar-refractivity contribution >= 4 is 11.6 Å². The zero-order valence-electron chi connectivity index (χ0n) is 13.6. The highest BCUT2D eigenvalue weighted by atomic mass is 19.1. The first-order valence-corrected chi connectivity index (χ1v) is 7.43. The average Bonchev–Trinajstić information content (AvgIpc) is 3.01. The number of halogens is 1. The monoisotopic (exact) mass is 325 g/mol. The summed E-state index contributed by atoms with van der Waals surface area (Å²) in [6.45, 7) is 5.81. The second-order valence-corrected chi connectivity index (χ2v) is 5.62. The molecule has 5 nitrogen and oxygen atoms in total. The number of rotatable bonds is 3. The molecule has 0 aliphatic rings. The summed E-state index contributed by atoms with van der Waals surface area (Å²) < 4.78 is 19.1. The van der Waals surface area contributed by atoms with E-state index in [-0.39, 0.29) is 17.3 Å². The maximum absolute atomic E-state index is 13.7. The first-order valence-electron chi connectivity index (χ1n) is 7.43. The van der Waals surface area contributed by atoms with Crippen molar-refractivity contribution in [3.8, 4) is 11.5 Å². The van der Waals surface area contributed by atoms with Crippen molar-refractivity contribution in [3.63, 3.8) is 0 Å². The van der Waals surface area contributed by atoms with Gasteiger partial charge in [0.1, 0.15) is 5.82 Å². The summed E-state index contributed by atoms with van der Waals surface area (Å²) in [6, 6.07) is 9.96. The van der Waals surface area contributed by atoms with Crippen molar-refractivity contribution in [2.45, 2.75) is 20.8 Å². The number of anilines is 1. The summed E-state index contributed by atoms with van der Waals surface area (Å²) in [4.78, 5) is 12.3. The molecule has 6 heteroatoms. The molecular weight excluding hydrogens is 309 g/mol. The molecule has 0 saturated heterocycles. The van der Waals surface area contributed by atoms with Crippen LogP contribution >= 0.6 is 0 Å². The highest BCUT2D eigenvalue weighted by molar-refractivity contribution is 6.02. The molecule has 0 spiro atoms. The number of benzene rings is 2. The van der Waals surface area contributed by atoms with Gasteiger partial charge in [0, 0.05) is 5.69 Å². The molecule has 0 unspecified atom stereocenters. The predicted octanol–water partition coefficient (Wildman–Crippen LogP) is 4.05. The quantitative estimate of drug-likeness (QED) is 0.788. The number of carbonyl (C=O) groups excluding carboxylic acids is 1. The Kier molecular flexibility index (Phi) is 4.12. The molecule has 122 valence electrons. The first kappa shape index (κ1) is 15.9. The topological polar surface area (TPSA) is 68.0 Å². The first-order chi connectivity index (χ1) is 11.5. The van der Waals surface area contributed by atoms with Crippen LogP contribution in [-0.2, 0) is 0 Å². The Labute approximate surface area is 138 Å². The summed E-state index contributed by atoms with van der Waals surface area (Å²) >= 11 is 0. The van der Waals surface area contributed by atoms with Gasteiger partial charge in [-0.3, -0.25) is 4.79 Å². The number of amides is 1. The van der Waals surface area contributed by atoms with Crippen LogP contribution in [0.2, 0.25) is 0 Å². The maximum atomic E-state index is 13.7. The number of aromatic nitrogens is 2. The molecule has 0 fully saturated rings. The van der Waals surface area contributed by atoms with Crippen LogP contribution in [0, 0.1) is 26.6 Å². The van der Waals surface area contributed by atoms with E-state index in [1.165, 1.54) is 12.1 Å². The largest absolute Gasteiger partial charge is 0.412 e. The van der Waals surface area contributed by atoms with Crippen molar-refractivity contribution in [3.05, 3.63) is 64.8 Å². The molecule has 0 radical (unpaired) electrons. The molecule has 1 heterocycles. The smallest absolute Gasteiger partial charge is 0.313 e. The standard InChI is InChI=1S/C18H16FN3O2/c1-10-8-11(2)15(12(3)9-10)20-16(23)18-22-21-17(24-18)13-6-4-5-7-14(13)19/h4-9H,1-3H3,(H,20,23). The SMILES string of the molecule is Cc1cc(C)c(NC(=O)c2nnc(-c3ccccc3F)o2)c(C)c1. The van der Waals surface area contributed by atoms with E-state index in [1.807, 2.05) is 32.9 Å². The summed E-state index contributed by atoms with van der Waals surface area (Å²) in [6.07, 6.45) is 0. The molecule has 0 atom stereocenters. The summed E-state index contributed by atoms with van der Waals surface area (Å²) in [7, 11) is 0. The fourth-order valence-corrected chi connectivity index (χ4v) is 2.60. The third-order valence-electron chi connectivity index (χ3n) is 3.64. The van der Waals surface area contributed by atoms with E-state index in [1.54, 1.807) is 12.1 Å². The zero-order chi connectivity index (χ0) is 17.3. The summed E-state index contributed by atoms with van der Waals surface area (Å²) in [5, 5.41) is 10.2. The minimum Gasteiger partial charge on any atom is -0.412 e. The molecule has 0 aliphatic heterocycles. The van der Waals surface area contributed by atoms with E-state index >= 15 is 0 Å². The van der Waals surface area contributed by atoms with Crippen LogP contribution in [0.1, 0.15) is 27.4 Å². The van der Waals surface area contributed by atoms with Crippen molar-refractivity contribution < 1.29 is 13.6 Å². The Balaban J connectivity index is 1.86. The zero-order valence-corrected chi connectivity index (χ0v) is 13.6.